The van der Waals surface area contributed by atoms with Crippen LogP contribution in [0.5, 0.6) is 0 Å². The summed E-state index contributed by atoms with van der Waals surface area (Å²) >= 11 is 0. The number of rotatable bonds is 1. The minimum absolute atomic E-state index is 0.0102. The third-order valence-electron chi connectivity index (χ3n) is 2.51. The molecule has 1 aliphatic heterocycles. The normalized spacial score (nSPS) is 19.2. The fourth-order valence-corrected chi connectivity index (χ4v) is 1.76. The van der Waals surface area contributed by atoms with E-state index in [4.69, 9.17) is 0 Å². The van der Waals surface area contributed by atoms with Crippen molar-refractivity contribution in [2.45, 2.75) is 12.5 Å². The predicted octanol–water partition coefficient (Wildman–Crippen LogP) is 0.232. The Morgan fingerprint density at radius 3 is 2.64 bits per heavy atom. The van der Waals surface area contributed by atoms with Crippen LogP contribution in [0.15, 0.2) is 18.3 Å². The quantitative estimate of drug-likeness (QED) is 0.695. The van der Waals surface area contributed by atoms with Gasteiger partial charge < -0.3 is 14.6 Å². The molecule has 2 rings (SSSR count). The zero-order valence-corrected chi connectivity index (χ0v) is 8.40. The molecule has 1 saturated heterocycles. The number of amides is 1. The van der Waals surface area contributed by atoms with E-state index < -0.39 is 5.60 Å². The Morgan fingerprint density at radius 1 is 1.57 bits per heavy atom. The van der Waals surface area contributed by atoms with Crippen LogP contribution >= 0.6 is 0 Å². The lowest BCUT2D eigenvalue weighted by Gasteiger charge is -2.44. The molecule has 1 aromatic rings. The maximum Gasteiger partial charge on any atom is 0.270 e. The first-order chi connectivity index (χ1) is 6.49. The Bertz CT molecular complexity index is 360. The molecular formula is C10H14N2O2. The smallest absolute Gasteiger partial charge is 0.270 e. The molecule has 1 N–H and O–H groups in total. The van der Waals surface area contributed by atoms with Gasteiger partial charge in [0, 0.05) is 13.2 Å². The van der Waals surface area contributed by atoms with E-state index in [2.05, 4.69) is 0 Å². The van der Waals surface area contributed by atoms with Crippen LogP contribution in [0.3, 0.4) is 0 Å². The van der Waals surface area contributed by atoms with E-state index in [1.165, 1.54) is 0 Å². The van der Waals surface area contributed by atoms with Crippen molar-refractivity contribution in [3.05, 3.63) is 24.0 Å². The molecule has 1 fully saturated rings. The highest BCUT2D eigenvalue weighted by Gasteiger charge is 2.40. The second-order valence-electron chi connectivity index (χ2n) is 4.16. The van der Waals surface area contributed by atoms with E-state index in [0.717, 1.165) is 0 Å². The van der Waals surface area contributed by atoms with Crippen LogP contribution in [0.25, 0.3) is 0 Å². The fourth-order valence-electron chi connectivity index (χ4n) is 1.76. The summed E-state index contributed by atoms with van der Waals surface area (Å²) in [4.78, 5) is 13.4. The Labute approximate surface area is 82.7 Å². The number of hydrogen-bond acceptors (Lipinski definition) is 2. The van der Waals surface area contributed by atoms with Crippen LogP contribution in [0.2, 0.25) is 0 Å². The van der Waals surface area contributed by atoms with Gasteiger partial charge in [-0.2, -0.15) is 0 Å². The molecule has 1 amide bonds. The minimum Gasteiger partial charge on any atom is -0.386 e. The highest BCUT2D eigenvalue weighted by Crippen LogP contribution is 2.21. The average molecular weight is 194 g/mol. The number of carbonyl (C=O) groups is 1. The molecule has 1 aliphatic rings. The number of aliphatic hydroxyl groups is 1. The first-order valence-corrected chi connectivity index (χ1v) is 4.63. The Hall–Kier alpha value is -1.29. The van der Waals surface area contributed by atoms with E-state index in [1.807, 2.05) is 19.3 Å². The van der Waals surface area contributed by atoms with E-state index in [9.17, 15) is 9.90 Å². The Kier molecular flexibility index (Phi) is 1.89. The Balaban J connectivity index is 2.08. The molecule has 4 nitrogen and oxygen atoms in total. The van der Waals surface area contributed by atoms with Crippen LogP contribution in [-0.2, 0) is 7.05 Å². The van der Waals surface area contributed by atoms with Gasteiger partial charge in [0.15, 0.2) is 0 Å². The van der Waals surface area contributed by atoms with Crippen LogP contribution in [0, 0.1) is 0 Å². The first kappa shape index (κ1) is 9.27. The highest BCUT2D eigenvalue weighted by atomic mass is 16.3. The molecule has 0 atom stereocenters. The van der Waals surface area contributed by atoms with Gasteiger partial charge in [0.2, 0.25) is 0 Å². The van der Waals surface area contributed by atoms with E-state index in [0.29, 0.717) is 18.8 Å². The summed E-state index contributed by atoms with van der Waals surface area (Å²) in [5.74, 6) is -0.0102. The zero-order valence-electron chi connectivity index (χ0n) is 8.40. The summed E-state index contributed by atoms with van der Waals surface area (Å²) in [6.45, 7) is 2.59. The fraction of sp³-hybridized carbons (Fsp3) is 0.500. The van der Waals surface area contributed by atoms with E-state index >= 15 is 0 Å². The molecule has 4 heteroatoms. The second kappa shape index (κ2) is 2.85. The average Bonchev–Trinajstić information content (AvgIpc) is 2.45. The SMILES string of the molecule is Cn1cccc1C(=O)N1CC(C)(O)C1. The second-order valence-corrected chi connectivity index (χ2v) is 4.16. The number of likely N-dealkylation sites (tertiary alicyclic amines) is 1. The molecule has 0 saturated carbocycles. The number of carbonyl (C=O) groups excluding carboxylic acids is 1. The van der Waals surface area contributed by atoms with Crippen molar-refractivity contribution in [3.63, 3.8) is 0 Å². The summed E-state index contributed by atoms with van der Waals surface area (Å²) in [5, 5.41) is 9.50. The number of β-amino-alcohol motifs (C(OH)–C–C–N with tert-alkyl or cyclic N) is 1. The summed E-state index contributed by atoms with van der Waals surface area (Å²) < 4.78 is 1.79. The standard InChI is InChI=1S/C10H14N2O2/c1-10(14)6-12(7-10)9(13)8-4-3-5-11(8)2/h3-5,14H,6-7H2,1-2H3. The van der Waals surface area contributed by atoms with Crippen molar-refractivity contribution in [3.8, 4) is 0 Å². The van der Waals surface area contributed by atoms with Gasteiger partial charge in [0.1, 0.15) is 5.69 Å². The number of nitrogens with zero attached hydrogens (tertiary/aromatic N) is 2. The van der Waals surface area contributed by atoms with Crippen molar-refractivity contribution < 1.29 is 9.90 Å². The lowest BCUT2D eigenvalue weighted by atomic mass is 9.96. The zero-order chi connectivity index (χ0) is 10.3. The van der Waals surface area contributed by atoms with Gasteiger partial charge in [-0.25, -0.2) is 0 Å². The molecule has 0 aromatic carbocycles. The minimum atomic E-state index is -0.694. The van der Waals surface area contributed by atoms with E-state index in [-0.39, 0.29) is 5.91 Å². The van der Waals surface area contributed by atoms with E-state index in [1.54, 1.807) is 22.5 Å². The largest absolute Gasteiger partial charge is 0.386 e. The maximum atomic E-state index is 11.8. The molecule has 0 spiro atoms. The van der Waals surface area contributed by atoms with Crippen LogP contribution < -0.4 is 0 Å². The van der Waals surface area contributed by atoms with Gasteiger partial charge in [0.05, 0.1) is 18.7 Å². The summed E-state index contributed by atoms with van der Waals surface area (Å²) in [7, 11) is 1.84. The van der Waals surface area contributed by atoms with Crippen LogP contribution in [-0.4, -0.2) is 39.2 Å². The van der Waals surface area contributed by atoms with Crippen LogP contribution in [0.1, 0.15) is 17.4 Å². The molecular weight excluding hydrogens is 180 g/mol. The van der Waals surface area contributed by atoms with Gasteiger partial charge in [-0.15, -0.1) is 0 Å². The third-order valence-corrected chi connectivity index (χ3v) is 2.51. The number of aryl methyl sites for hydroxylation is 1. The van der Waals surface area contributed by atoms with Crippen LogP contribution in [0.4, 0.5) is 0 Å². The monoisotopic (exact) mass is 194 g/mol. The third kappa shape index (κ3) is 1.42. The summed E-state index contributed by atoms with van der Waals surface area (Å²) in [5.41, 5.74) is -0.0265. The van der Waals surface area contributed by atoms with Crippen molar-refractivity contribution in [2.24, 2.45) is 7.05 Å². The molecule has 1 aromatic heterocycles. The van der Waals surface area contributed by atoms with Crippen molar-refractivity contribution in [1.29, 1.82) is 0 Å². The lowest BCUT2D eigenvalue weighted by Crippen LogP contribution is -2.61. The molecule has 0 aliphatic carbocycles. The lowest BCUT2D eigenvalue weighted by molar-refractivity contribution is -0.0671. The molecule has 0 radical (unpaired) electrons. The van der Waals surface area contributed by atoms with Crippen molar-refractivity contribution in [1.82, 2.24) is 9.47 Å². The predicted molar refractivity (Wildman–Crippen MR) is 51.9 cm³/mol. The molecule has 2 heterocycles. The molecule has 76 valence electrons. The molecule has 0 bridgehead atoms. The van der Waals surface area contributed by atoms with Crippen molar-refractivity contribution in [2.75, 3.05) is 13.1 Å². The first-order valence-electron chi connectivity index (χ1n) is 4.63. The highest BCUT2D eigenvalue weighted by molar-refractivity contribution is 5.93. The summed E-state index contributed by atoms with van der Waals surface area (Å²) in [6, 6.07) is 3.63. The molecule has 14 heavy (non-hydrogen) atoms. The summed E-state index contributed by atoms with van der Waals surface area (Å²) in [6.07, 6.45) is 1.84. The van der Waals surface area contributed by atoms with Gasteiger partial charge >= 0.3 is 0 Å². The topological polar surface area (TPSA) is 45.5 Å². The van der Waals surface area contributed by atoms with Gasteiger partial charge in [-0.05, 0) is 19.1 Å². The molecule has 0 unspecified atom stereocenters. The van der Waals surface area contributed by atoms with Crippen molar-refractivity contribution >= 4 is 5.91 Å². The Morgan fingerprint density at radius 2 is 2.21 bits per heavy atom. The number of hydrogen-bond donors (Lipinski definition) is 1. The number of aromatic nitrogens is 1. The van der Waals surface area contributed by atoms with Gasteiger partial charge in [0.25, 0.3) is 5.91 Å². The van der Waals surface area contributed by atoms with Gasteiger partial charge in [-0.1, -0.05) is 0 Å². The van der Waals surface area contributed by atoms with Gasteiger partial charge in [-0.3, -0.25) is 4.79 Å². The maximum absolute atomic E-state index is 11.8.